The molecule has 0 aliphatic heterocycles. The van der Waals surface area contributed by atoms with Gasteiger partial charge in [-0.1, -0.05) is 0 Å². The Balaban J connectivity index is 4.32. The summed E-state index contributed by atoms with van der Waals surface area (Å²) in [5, 5.41) is 14.1. The first-order valence-corrected chi connectivity index (χ1v) is 3.45. The van der Waals surface area contributed by atoms with E-state index in [0.29, 0.717) is 0 Å². The Kier molecular flexibility index (Phi) is 3.40. The highest BCUT2D eigenvalue weighted by atomic mass is 16.4. The van der Waals surface area contributed by atoms with Crippen molar-refractivity contribution in [3.63, 3.8) is 0 Å². The van der Waals surface area contributed by atoms with Crippen LogP contribution in [0.5, 0.6) is 0 Å². The predicted octanol–water partition coefficient (Wildman–Crippen LogP) is 1.33. The number of carboxylic acid groups (broad SMARTS) is 1. The molecule has 0 saturated heterocycles. The van der Waals surface area contributed by atoms with Gasteiger partial charge in [0.2, 0.25) is 0 Å². The van der Waals surface area contributed by atoms with Gasteiger partial charge >= 0.3 is 5.97 Å². The highest BCUT2D eigenvalue weighted by Crippen LogP contribution is 2.01. The van der Waals surface area contributed by atoms with Crippen LogP contribution in [0.25, 0.3) is 0 Å². The summed E-state index contributed by atoms with van der Waals surface area (Å²) in [5.41, 5.74) is 6.02. The predicted molar refractivity (Wildman–Crippen MR) is 43.8 cm³/mol. The lowest BCUT2D eigenvalue weighted by Gasteiger charge is -2.18. The first-order valence-electron chi connectivity index (χ1n) is 3.45. The Bertz CT molecular complexity index is 215. The number of carboxylic acids is 1. The Hall–Kier alpha value is -1.39. The largest absolute Gasteiger partial charge is 0.476 e. The lowest BCUT2D eigenvalue weighted by Crippen LogP contribution is -2.31. The lowest BCUT2D eigenvalue weighted by atomic mass is 10.1. The molecule has 0 aromatic carbocycles. The van der Waals surface area contributed by atoms with Gasteiger partial charge in [-0.25, -0.2) is 10.3 Å². The second-order valence-electron chi connectivity index (χ2n) is 3.34. The molecule has 0 atom stereocenters. The van der Waals surface area contributed by atoms with Gasteiger partial charge in [0.15, 0.2) is 5.70 Å². The minimum atomic E-state index is -1.21. The molecule has 12 heavy (non-hydrogen) atoms. The molecule has 0 radical (unpaired) electrons. The van der Waals surface area contributed by atoms with E-state index in [4.69, 9.17) is 10.6 Å². The maximum Gasteiger partial charge on any atom is 0.357 e. The van der Waals surface area contributed by atoms with Crippen LogP contribution in [0, 0.1) is 5.53 Å². The van der Waals surface area contributed by atoms with E-state index in [1.54, 1.807) is 0 Å². The van der Waals surface area contributed by atoms with E-state index >= 15 is 0 Å². The van der Waals surface area contributed by atoms with E-state index in [1.165, 1.54) is 6.20 Å². The number of carbonyl (C=O) groups is 1. The quantitative estimate of drug-likeness (QED) is 0.442. The zero-order valence-corrected chi connectivity index (χ0v) is 7.38. The Morgan fingerprint density at radius 1 is 1.58 bits per heavy atom. The number of rotatable bonds is 3. The van der Waals surface area contributed by atoms with Crippen LogP contribution in [0.2, 0.25) is 0 Å². The van der Waals surface area contributed by atoms with Gasteiger partial charge < -0.3 is 10.4 Å². The van der Waals surface area contributed by atoms with Gasteiger partial charge in [0.05, 0.1) is 0 Å². The molecule has 0 amide bonds. The monoisotopic (exact) mass is 171 g/mol. The molecule has 0 saturated carbocycles. The number of aliphatic carboxylic acids is 1. The van der Waals surface area contributed by atoms with Gasteiger partial charge in [0.1, 0.15) is 0 Å². The van der Waals surface area contributed by atoms with Gasteiger partial charge in [-0.05, 0) is 20.8 Å². The summed E-state index contributed by atoms with van der Waals surface area (Å²) in [4.78, 5) is 10.3. The molecule has 0 aliphatic carbocycles. The molecule has 5 heteroatoms. The van der Waals surface area contributed by atoms with Gasteiger partial charge in [-0.2, -0.15) is 0 Å². The van der Waals surface area contributed by atoms with Crippen molar-refractivity contribution in [1.29, 1.82) is 5.53 Å². The minimum absolute atomic E-state index is 0.217. The summed E-state index contributed by atoms with van der Waals surface area (Å²) in [7, 11) is 0. The standard InChI is InChI=1S/C7H13N3O2/c1-7(2,3)9-4-5(10-8)6(11)12/h4,8-9H,1-3H3,(H,11,12)/b5-4-,10-8?. The molecule has 3 N–H and O–H groups in total. The molecule has 0 fully saturated rings. The molecule has 0 unspecified atom stereocenters. The molecule has 0 bridgehead atoms. The van der Waals surface area contributed by atoms with Crippen LogP contribution in [-0.2, 0) is 4.79 Å². The fourth-order valence-corrected chi connectivity index (χ4v) is 0.427. The van der Waals surface area contributed by atoms with Crippen molar-refractivity contribution >= 4 is 5.97 Å². The van der Waals surface area contributed by atoms with Crippen molar-refractivity contribution in [2.45, 2.75) is 26.3 Å². The van der Waals surface area contributed by atoms with Crippen molar-refractivity contribution in [3.8, 4) is 0 Å². The molecule has 0 heterocycles. The molecule has 0 spiro atoms. The maximum atomic E-state index is 10.3. The third kappa shape index (κ3) is 4.43. The van der Waals surface area contributed by atoms with Crippen LogP contribution >= 0.6 is 0 Å². The van der Waals surface area contributed by atoms with Crippen molar-refractivity contribution in [1.82, 2.24) is 5.32 Å². The van der Waals surface area contributed by atoms with Crippen LogP contribution in [0.1, 0.15) is 20.8 Å². The van der Waals surface area contributed by atoms with Crippen LogP contribution in [0.15, 0.2) is 17.0 Å². The second-order valence-corrected chi connectivity index (χ2v) is 3.34. The third-order valence-electron chi connectivity index (χ3n) is 0.981. The van der Waals surface area contributed by atoms with E-state index in [0.717, 1.165) is 0 Å². The minimum Gasteiger partial charge on any atom is -0.476 e. The summed E-state index contributed by atoms with van der Waals surface area (Å²) in [6, 6.07) is 0. The summed E-state index contributed by atoms with van der Waals surface area (Å²) < 4.78 is 0. The highest BCUT2D eigenvalue weighted by molar-refractivity contribution is 5.85. The van der Waals surface area contributed by atoms with Crippen LogP contribution in [0.3, 0.4) is 0 Å². The Morgan fingerprint density at radius 3 is 2.33 bits per heavy atom. The van der Waals surface area contributed by atoms with Crippen LogP contribution in [0.4, 0.5) is 0 Å². The number of nitrogens with zero attached hydrogens (tertiary/aromatic N) is 1. The van der Waals surface area contributed by atoms with Crippen LogP contribution in [-0.4, -0.2) is 16.6 Å². The molecule has 0 aromatic heterocycles. The van der Waals surface area contributed by atoms with E-state index in [2.05, 4.69) is 10.4 Å². The van der Waals surface area contributed by atoms with E-state index in [1.807, 2.05) is 20.8 Å². The van der Waals surface area contributed by atoms with Crippen molar-refractivity contribution in [2.24, 2.45) is 5.11 Å². The fourth-order valence-electron chi connectivity index (χ4n) is 0.427. The normalized spacial score (nSPS) is 12.4. The summed E-state index contributed by atoms with van der Waals surface area (Å²) in [5.74, 6) is -1.21. The Morgan fingerprint density at radius 2 is 2.08 bits per heavy atom. The average Bonchev–Trinajstić information content (AvgIpc) is 1.85. The van der Waals surface area contributed by atoms with Gasteiger partial charge in [-0.3, -0.25) is 0 Å². The molecule has 0 rings (SSSR count). The van der Waals surface area contributed by atoms with E-state index < -0.39 is 5.97 Å². The average molecular weight is 171 g/mol. The molecular formula is C7H13N3O2. The molecule has 68 valence electrons. The van der Waals surface area contributed by atoms with Crippen molar-refractivity contribution in [3.05, 3.63) is 11.9 Å². The first kappa shape index (κ1) is 10.6. The summed E-state index contributed by atoms with van der Waals surface area (Å²) in [6.45, 7) is 5.65. The molecule has 5 nitrogen and oxygen atoms in total. The highest BCUT2D eigenvalue weighted by Gasteiger charge is 2.09. The fraction of sp³-hybridized carbons (Fsp3) is 0.571. The van der Waals surface area contributed by atoms with Gasteiger partial charge in [-0.15, -0.1) is 5.11 Å². The number of nitrogens with one attached hydrogen (secondary N) is 2. The van der Waals surface area contributed by atoms with Crippen molar-refractivity contribution < 1.29 is 9.90 Å². The number of hydrogen-bond acceptors (Lipinski definition) is 4. The first-order chi connectivity index (χ1) is 5.37. The van der Waals surface area contributed by atoms with E-state index in [9.17, 15) is 4.79 Å². The smallest absolute Gasteiger partial charge is 0.357 e. The second kappa shape index (κ2) is 3.85. The lowest BCUT2D eigenvalue weighted by molar-refractivity contribution is -0.132. The van der Waals surface area contributed by atoms with Gasteiger partial charge in [0, 0.05) is 11.7 Å². The topological polar surface area (TPSA) is 85.5 Å². The summed E-state index contributed by atoms with van der Waals surface area (Å²) in [6.07, 6.45) is 1.22. The van der Waals surface area contributed by atoms with Crippen LogP contribution < -0.4 is 5.32 Å². The maximum absolute atomic E-state index is 10.3. The number of hydrogen-bond donors (Lipinski definition) is 3. The molecule has 0 aromatic rings. The van der Waals surface area contributed by atoms with Gasteiger partial charge in [0.25, 0.3) is 0 Å². The Labute approximate surface area is 71.0 Å². The van der Waals surface area contributed by atoms with Crippen molar-refractivity contribution in [2.75, 3.05) is 0 Å². The molecular weight excluding hydrogens is 158 g/mol. The SMILES string of the molecule is CC(C)(C)N/C=C(\N=N)C(=O)O. The molecule has 0 aliphatic rings. The summed E-state index contributed by atoms with van der Waals surface area (Å²) >= 11 is 0. The third-order valence-corrected chi connectivity index (χ3v) is 0.981. The zero-order chi connectivity index (χ0) is 9.78. The van der Waals surface area contributed by atoms with E-state index in [-0.39, 0.29) is 11.2 Å². The zero-order valence-electron chi connectivity index (χ0n) is 7.38.